The minimum Gasteiger partial charge on any atom is -0.452 e. The van der Waals surface area contributed by atoms with E-state index in [0.29, 0.717) is 0 Å². The van der Waals surface area contributed by atoms with Crippen molar-refractivity contribution in [1.82, 2.24) is 5.32 Å². The van der Waals surface area contributed by atoms with Crippen molar-refractivity contribution in [2.24, 2.45) is 5.14 Å². The van der Waals surface area contributed by atoms with Crippen LogP contribution in [-0.4, -0.2) is 26.9 Å². The van der Waals surface area contributed by atoms with E-state index in [9.17, 15) is 18.0 Å². The van der Waals surface area contributed by atoms with Gasteiger partial charge in [0.15, 0.2) is 6.61 Å². The first kappa shape index (κ1) is 19.4. The summed E-state index contributed by atoms with van der Waals surface area (Å²) < 4.78 is 27.6. The molecule has 1 atom stereocenters. The fraction of sp³-hybridized carbons (Fsp3) is 0.200. The van der Waals surface area contributed by atoms with Crippen LogP contribution in [0.5, 0.6) is 0 Å². The molecular formula is C15H15ClN2O5S2. The van der Waals surface area contributed by atoms with Gasteiger partial charge in [-0.05, 0) is 36.6 Å². The molecule has 0 fully saturated rings. The predicted molar refractivity (Wildman–Crippen MR) is 94.0 cm³/mol. The first-order valence-corrected chi connectivity index (χ1v) is 9.81. The number of carbonyl (C=O) groups excluding carboxylic acids is 2. The second-order valence-corrected chi connectivity index (χ2v) is 8.02. The first-order chi connectivity index (χ1) is 11.7. The van der Waals surface area contributed by atoms with Crippen molar-refractivity contribution in [2.45, 2.75) is 17.9 Å². The molecule has 0 aliphatic carbocycles. The molecule has 2 rings (SSSR count). The maximum Gasteiger partial charge on any atom is 0.340 e. The molecule has 0 radical (unpaired) electrons. The van der Waals surface area contributed by atoms with Gasteiger partial charge < -0.3 is 10.1 Å². The lowest BCUT2D eigenvalue weighted by Gasteiger charge is -2.12. The van der Waals surface area contributed by atoms with Gasteiger partial charge in [0.1, 0.15) is 0 Å². The zero-order valence-corrected chi connectivity index (χ0v) is 15.5. The standard InChI is InChI=1S/C15H15ClN2O5S2/c1-9(13-3-2-6-24-13)18-14(19)8-23-15(20)11-7-10(25(17,21)22)4-5-12(11)16/h2-7,9H,8H2,1H3,(H,18,19)(H2,17,21,22)/t9-/m0/s1. The summed E-state index contributed by atoms with van der Waals surface area (Å²) in [5, 5.41) is 9.58. The molecule has 1 aromatic carbocycles. The average Bonchev–Trinajstić information content (AvgIpc) is 3.06. The molecule has 0 spiro atoms. The number of nitrogens with one attached hydrogen (secondary N) is 1. The fourth-order valence-electron chi connectivity index (χ4n) is 1.94. The van der Waals surface area contributed by atoms with E-state index in [4.69, 9.17) is 21.5 Å². The fourth-order valence-corrected chi connectivity index (χ4v) is 3.41. The summed E-state index contributed by atoms with van der Waals surface area (Å²) >= 11 is 7.36. The number of benzene rings is 1. The molecule has 0 saturated carbocycles. The molecule has 3 N–H and O–H groups in total. The van der Waals surface area contributed by atoms with Gasteiger partial charge in [-0.2, -0.15) is 0 Å². The largest absolute Gasteiger partial charge is 0.452 e. The molecule has 1 amide bonds. The maximum atomic E-state index is 12.0. The number of sulfonamides is 1. The minimum absolute atomic E-state index is 0.00948. The zero-order valence-electron chi connectivity index (χ0n) is 13.1. The molecule has 0 aliphatic heterocycles. The van der Waals surface area contributed by atoms with Gasteiger partial charge in [0.25, 0.3) is 5.91 Å². The molecule has 25 heavy (non-hydrogen) atoms. The number of hydrogen-bond donors (Lipinski definition) is 2. The van der Waals surface area contributed by atoms with E-state index in [1.54, 1.807) is 6.92 Å². The van der Waals surface area contributed by atoms with Gasteiger partial charge in [0.2, 0.25) is 10.0 Å². The van der Waals surface area contributed by atoms with Crippen LogP contribution >= 0.6 is 22.9 Å². The van der Waals surface area contributed by atoms with Crippen LogP contribution in [-0.2, 0) is 19.6 Å². The van der Waals surface area contributed by atoms with Crippen LogP contribution < -0.4 is 10.5 Å². The van der Waals surface area contributed by atoms with E-state index in [1.807, 2.05) is 17.5 Å². The number of ether oxygens (including phenoxy) is 1. The van der Waals surface area contributed by atoms with Gasteiger partial charge in [0.05, 0.1) is 21.5 Å². The van der Waals surface area contributed by atoms with Crippen molar-refractivity contribution in [3.8, 4) is 0 Å². The second-order valence-electron chi connectivity index (χ2n) is 5.07. The second kappa shape index (κ2) is 7.96. The summed E-state index contributed by atoms with van der Waals surface area (Å²) in [6.07, 6.45) is 0. The lowest BCUT2D eigenvalue weighted by molar-refractivity contribution is -0.124. The number of primary sulfonamides is 1. The third-order valence-corrected chi connectivity index (χ3v) is 5.46. The molecule has 0 bridgehead atoms. The Hall–Kier alpha value is -1.94. The van der Waals surface area contributed by atoms with Crippen molar-refractivity contribution in [1.29, 1.82) is 0 Å². The molecule has 134 valence electrons. The van der Waals surface area contributed by atoms with E-state index < -0.39 is 28.5 Å². The number of halogens is 1. The van der Waals surface area contributed by atoms with Crippen LogP contribution in [0, 0.1) is 0 Å². The Morgan fingerprint density at radius 3 is 2.68 bits per heavy atom. The summed E-state index contributed by atoms with van der Waals surface area (Å²) in [6, 6.07) is 6.91. The normalized spacial score (nSPS) is 12.4. The van der Waals surface area contributed by atoms with Gasteiger partial charge in [-0.1, -0.05) is 17.7 Å². The number of thiophene rings is 1. The van der Waals surface area contributed by atoms with Crippen molar-refractivity contribution in [3.05, 3.63) is 51.2 Å². The predicted octanol–water partition coefficient (Wildman–Crippen LogP) is 2.08. The van der Waals surface area contributed by atoms with Crippen LogP contribution in [0.15, 0.2) is 40.6 Å². The SMILES string of the molecule is C[C@H](NC(=O)COC(=O)c1cc(S(N)(=O)=O)ccc1Cl)c1cccs1. The van der Waals surface area contributed by atoms with Crippen molar-refractivity contribution < 1.29 is 22.7 Å². The van der Waals surface area contributed by atoms with Gasteiger partial charge in [-0.15, -0.1) is 11.3 Å². The number of carbonyl (C=O) groups is 2. The van der Waals surface area contributed by atoms with E-state index in [0.717, 1.165) is 10.9 Å². The Bertz CT molecular complexity index is 881. The molecule has 0 aliphatic rings. The van der Waals surface area contributed by atoms with E-state index in [2.05, 4.69) is 5.32 Å². The maximum absolute atomic E-state index is 12.0. The third-order valence-electron chi connectivity index (χ3n) is 3.17. The zero-order chi connectivity index (χ0) is 18.6. The topological polar surface area (TPSA) is 116 Å². The number of amides is 1. The Morgan fingerprint density at radius 2 is 2.08 bits per heavy atom. The molecule has 2 aromatic rings. The summed E-state index contributed by atoms with van der Waals surface area (Å²) in [5.74, 6) is -1.41. The number of hydrogen-bond acceptors (Lipinski definition) is 6. The molecule has 7 nitrogen and oxygen atoms in total. The van der Waals surface area contributed by atoms with Gasteiger partial charge >= 0.3 is 5.97 Å². The quantitative estimate of drug-likeness (QED) is 0.717. The summed E-state index contributed by atoms with van der Waals surface area (Å²) in [4.78, 5) is 24.6. The monoisotopic (exact) mass is 402 g/mol. The summed E-state index contributed by atoms with van der Waals surface area (Å²) in [5.41, 5.74) is -0.188. The highest BCUT2D eigenvalue weighted by atomic mass is 35.5. The number of rotatable bonds is 6. The number of esters is 1. The Morgan fingerprint density at radius 1 is 1.36 bits per heavy atom. The molecule has 0 unspecified atom stereocenters. The summed E-state index contributed by atoms with van der Waals surface area (Å²) in [7, 11) is -3.99. The lowest BCUT2D eigenvalue weighted by Crippen LogP contribution is -2.30. The Balaban J connectivity index is 1.99. The highest BCUT2D eigenvalue weighted by Gasteiger charge is 2.18. The van der Waals surface area contributed by atoms with Crippen LogP contribution in [0.1, 0.15) is 28.2 Å². The van der Waals surface area contributed by atoms with E-state index >= 15 is 0 Å². The highest BCUT2D eigenvalue weighted by Crippen LogP contribution is 2.21. The van der Waals surface area contributed by atoms with Crippen molar-refractivity contribution in [2.75, 3.05) is 6.61 Å². The summed E-state index contributed by atoms with van der Waals surface area (Å²) in [6.45, 7) is 1.28. The average molecular weight is 403 g/mol. The van der Waals surface area contributed by atoms with Gasteiger partial charge in [-0.25, -0.2) is 18.4 Å². The lowest BCUT2D eigenvalue weighted by atomic mass is 10.2. The first-order valence-electron chi connectivity index (χ1n) is 7.00. The van der Waals surface area contributed by atoms with Crippen molar-refractivity contribution in [3.63, 3.8) is 0 Å². The van der Waals surface area contributed by atoms with E-state index in [-0.39, 0.29) is 21.5 Å². The van der Waals surface area contributed by atoms with Crippen molar-refractivity contribution >= 4 is 44.8 Å². The van der Waals surface area contributed by atoms with Crippen LogP contribution in [0.25, 0.3) is 0 Å². The highest BCUT2D eigenvalue weighted by molar-refractivity contribution is 7.89. The number of nitrogens with two attached hydrogens (primary N) is 1. The van der Waals surface area contributed by atoms with Crippen LogP contribution in [0.3, 0.4) is 0 Å². The molecule has 1 heterocycles. The molecule has 0 saturated heterocycles. The Kier molecular flexibility index (Phi) is 6.17. The van der Waals surface area contributed by atoms with E-state index in [1.165, 1.54) is 23.5 Å². The van der Waals surface area contributed by atoms with Crippen LogP contribution in [0.2, 0.25) is 5.02 Å². The smallest absolute Gasteiger partial charge is 0.340 e. The molecular weight excluding hydrogens is 388 g/mol. The molecule has 10 heteroatoms. The van der Waals surface area contributed by atoms with Crippen LogP contribution in [0.4, 0.5) is 0 Å². The minimum atomic E-state index is -3.99. The third kappa shape index (κ3) is 5.27. The Labute approximate surface area is 153 Å². The van der Waals surface area contributed by atoms with Gasteiger partial charge in [0, 0.05) is 4.88 Å². The molecule has 1 aromatic heterocycles. The van der Waals surface area contributed by atoms with Gasteiger partial charge in [-0.3, -0.25) is 4.79 Å².